The number of amides is 2. The lowest BCUT2D eigenvalue weighted by Gasteiger charge is -2.27. The number of carbonyl (C=O) groups excluding carboxylic acids is 2. The molecular weight excluding hydrogens is 469 g/mol. The standard InChI is InChI=1S/C25H24ClF3N2O3/c26-17-3-7-20(8-4-17)34-14-19(32)11-15-12-23(22-13-21(15)22)31-10-9-30(24(31)33)18-5-1-16(2-6-18)25(27,28)29/h1-8,15,21-23H,9-14H2/t15-,21?,22?,23+/m0/s1. The Morgan fingerprint density at radius 2 is 1.71 bits per heavy atom. The number of nitrogens with zero attached hydrogens (tertiary/aromatic N) is 2. The molecule has 4 atom stereocenters. The fraction of sp³-hybridized carbons (Fsp3) is 0.440. The van der Waals surface area contributed by atoms with Crippen LogP contribution >= 0.6 is 11.6 Å². The minimum atomic E-state index is -4.41. The van der Waals surface area contributed by atoms with E-state index < -0.39 is 11.7 Å². The van der Waals surface area contributed by atoms with E-state index in [2.05, 4.69) is 0 Å². The minimum Gasteiger partial charge on any atom is -0.486 e. The number of hydrogen-bond donors (Lipinski definition) is 0. The first-order valence-corrected chi connectivity index (χ1v) is 11.7. The maximum atomic E-state index is 13.1. The van der Waals surface area contributed by atoms with Crippen molar-refractivity contribution in [1.82, 2.24) is 4.90 Å². The molecule has 2 amide bonds. The van der Waals surface area contributed by atoms with Gasteiger partial charge in [0.05, 0.1) is 5.56 Å². The molecule has 0 radical (unpaired) electrons. The summed E-state index contributed by atoms with van der Waals surface area (Å²) in [4.78, 5) is 29.0. The summed E-state index contributed by atoms with van der Waals surface area (Å²) in [5, 5.41) is 0.601. The van der Waals surface area contributed by atoms with Gasteiger partial charge >= 0.3 is 12.2 Å². The third-order valence-electron chi connectivity index (χ3n) is 7.19. The molecule has 3 fully saturated rings. The van der Waals surface area contributed by atoms with Gasteiger partial charge in [-0.2, -0.15) is 13.2 Å². The number of halogens is 4. The molecule has 2 unspecified atom stereocenters. The van der Waals surface area contributed by atoms with Crippen LogP contribution in [0.5, 0.6) is 5.75 Å². The molecular formula is C25H24ClF3N2O3. The van der Waals surface area contributed by atoms with E-state index in [1.807, 2.05) is 4.90 Å². The Morgan fingerprint density at radius 3 is 2.38 bits per heavy atom. The van der Waals surface area contributed by atoms with Crippen LogP contribution in [-0.4, -0.2) is 42.5 Å². The summed E-state index contributed by atoms with van der Waals surface area (Å²) < 4.78 is 44.1. The van der Waals surface area contributed by atoms with Gasteiger partial charge in [0.25, 0.3) is 0 Å². The Balaban J connectivity index is 1.16. The minimum absolute atomic E-state index is 0.00449. The van der Waals surface area contributed by atoms with Gasteiger partial charge < -0.3 is 9.64 Å². The van der Waals surface area contributed by atoms with Gasteiger partial charge in [0.15, 0.2) is 5.78 Å². The van der Waals surface area contributed by atoms with Gasteiger partial charge in [-0.15, -0.1) is 0 Å². The van der Waals surface area contributed by atoms with Crippen LogP contribution in [0.3, 0.4) is 0 Å². The Bertz CT molecular complexity index is 1070. The lowest BCUT2D eigenvalue weighted by atomic mass is 9.95. The first-order chi connectivity index (χ1) is 16.2. The van der Waals surface area contributed by atoms with E-state index in [0.29, 0.717) is 47.8 Å². The van der Waals surface area contributed by atoms with E-state index in [0.717, 1.165) is 25.0 Å². The molecule has 2 saturated carbocycles. The van der Waals surface area contributed by atoms with Gasteiger partial charge in [-0.25, -0.2) is 4.79 Å². The van der Waals surface area contributed by atoms with Crippen LogP contribution in [0.25, 0.3) is 0 Å². The number of benzene rings is 2. The highest BCUT2D eigenvalue weighted by atomic mass is 35.5. The molecule has 0 spiro atoms. The summed E-state index contributed by atoms with van der Waals surface area (Å²) >= 11 is 5.86. The van der Waals surface area contributed by atoms with E-state index in [1.165, 1.54) is 17.0 Å². The van der Waals surface area contributed by atoms with E-state index >= 15 is 0 Å². The number of carbonyl (C=O) groups is 2. The largest absolute Gasteiger partial charge is 0.486 e. The van der Waals surface area contributed by atoms with Crippen molar-refractivity contribution < 1.29 is 27.5 Å². The predicted molar refractivity (Wildman–Crippen MR) is 121 cm³/mol. The molecule has 0 bridgehead atoms. The summed E-state index contributed by atoms with van der Waals surface area (Å²) in [7, 11) is 0. The first kappa shape index (κ1) is 23.0. The molecule has 1 aliphatic heterocycles. The van der Waals surface area contributed by atoms with Crippen LogP contribution in [0.1, 0.15) is 24.8 Å². The molecule has 0 N–H and O–H groups in total. The van der Waals surface area contributed by atoms with Crippen LogP contribution < -0.4 is 9.64 Å². The summed E-state index contributed by atoms with van der Waals surface area (Å²) in [6, 6.07) is 11.5. The molecule has 1 saturated heterocycles. The van der Waals surface area contributed by atoms with Gasteiger partial charge in [0.2, 0.25) is 0 Å². The third kappa shape index (κ3) is 4.60. The maximum Gasteiger partial charge on any atom is 0.416 e. The van der Waals surface area contributed by atoms with Crippen LogP contribution in [0.15, 0.2) is 48.5 Å². The zero-order chi connectivity index (χ0) is 24.0. The molecule has 1 heterocycles. The van der Waals surface area contributed by atoms with E-state index in [9.17, 15) is 22.8 Å². The summed E-state index contributed by atoms with van der Waals surface area (Å²) in [6.45, 7) is 0.981. The molecule has 2 aliphatic carbocycles. The van der Waals surface area contributed by atoms with Gasteiger partial charge in [-0.1, -0.05) is 11.6 Å². The third-order valence-corrected chi connectivity index (χ3v) is 7.44. The van der Waals surface area contributed by atoms with Crippen LogP contribution in [0, 0.1) is 17.8 Å². The zero-order valence-electron chi connectivity index (χ0n) is 18.3. The van der Waals surface area contributed by atoms with E-state index in [1.54, 1.807) is 24.3 Å². The molecule has 9 heteroatoms. The number of urea groups is 1. The molecule has 180 valence electrons. The second kappa shape index (κ2) is 8.80. The number of Topliss-reactive ketones (excluding diaryl/α,β-unsaturated/α-hetero) is 1. The Morgan fingerprint density at radius 1 is 1.00 bits per heavy atom. The van der Waals surface area contributed by atoms with Crippen molar-refractivity contribution in [3.05, 3.63) is 59.1 Å². The molecule has 5 rings (SSSR count). The Hall–Kier alpha value is -2.74. The Kier molecular flexibility index (Phi) is 5.96. The van der Waals surface area contributed by atoms with Gasteiger partial charge in [-0.3, -0.25) is 9.69 Å². The number of alkyl halides is 3. The van der Waals surface area contributed by atoms with Crippen molar-refractivity contribution in [1.29, 1.82) is 0 Å². The number of fused-ring (bicyclic) bond motifs is 1. The molecule has 3 aliphatic rings. The summed E-state index contributed by atoms with van der Waals surface area (Å²) in [5.41, 5.74) is -0.263. The molecule has 2 aromatic rings. The Labute approximate surface area is 200 Å². The molecule has 2 aromatic carbocycles. The van der Waals surface area contributed by atoms with Crippen LogP contribution in [0.4, 0.5) is 23.7 Å². The zero-order valence-corrected chi connectivity index (χ0v) is 19.1. The van der Waals surface area contributed by atoms with Gasteiger partial charge in [-0.05, 0) is 79.1 Å². The maximum absolute atomic E-state index is 13.1. The summed E-state index contributed by atoms with van der Waals surface area (Å²) in [5.74, 6) is 1.69. The monoisotopic (exact) mass is 492 g/mol. The van der Waals surface area contributed by atoms with Crippen molar-refractivity contribution in [2.45, 2.75) is 31.5 Å². The highest BCUT2D eigenvalue weighted by molar-refractivity contribution is 6.30. The van der Waals surface area contributed by atoms with Crippen molar-refractivity contribution >= 4 is 29.1 Å². The molecule has 5 nitrogen and oxygen atoms in total. The average molecular weight is 493 g/mol. The molecule has 0 aromatic heterocycles. The second-order valence-electron chi connectivity index (χ2n) is 9.28. The normalized spacial score (nSPS) is 26.1. The van der Waals surface area contributed by atoms with Crippen molar-refractivity contribution in [3.63, 3.8) is 0 Å². The van der Waals surface area contributed by atoms with Crippen molar-refractivity contribution in [2.75, 3.05) is 24.6 Å². The number of rotatable bonds is 7. The van der Waals surface area contributed by atoms with E-state index in [4.69, 9.17) is 16.3 Å². The van der Waals surface area contributed by atoms with E-state index in [-0.39, 0.29) is 30.4 Å². The number of ketones is 1. The topological polar surface area (TPSA) is 49.9 Å². The fourth-order valence-electron chi connectivity index (χ4n) is 5.45. The lowest BCUT2D eigenvalue weighted by molar-refractivity contribution is -0.137. The van der Waals surface area contributed by atoms with Gasteiger partial charge in [0.1, 0.15) is 12.4 Å². The first-order valence-electron chi connectivity index (χ1n) is 11.4. The second-order valence-corrected chi connectivity index (χ2v) is 9.72. The molecule has 34 heavy (non-hydrogen) atoms. The van der Waals surface area contributed by atoms with Crippen LogP contribution in [0.2, 0.25) is 5.02 Å². The average Bonchev–Trinajstić information content (AvgIpc) is 3.40. The highest BCUT2D eigenvalue weighted by Gasteiger charge is 2.57. The number of anilines is 1. The number of hydrogen-bond acceptors (Lipinski definition) is 3. The lowest BCUT2D eigenvalue weighted by Crippen LogP contribution is -2.40. The quantitative estimate of drug-likeness (QED) is 0.501. The number of ether oxygens (including phenoxy) is 1. The SMILES string of the molecule is O=C(COc1ccc(Cl)cc1)C[C@H]1C[C@@H](N2CCN(c3ccc(C(F)(F)F)cc3)C2=O)C2CC21. The highest BCUT2D eigenvalue weighted by Crippen LogP contribution is 2.58. The van der Waals surface area contributed by atoms with Crippen molar-refractivity contribution in [3.8, 4) is 5.75 Å². The summed E-state index contributed by atoms with van der Waals surface area (Å²) in [6.07, 6.45) is -2.20. The van der Waals surface area contributed by atoms with Crippen LogP contribution in [-0.2, 0) is 11.0 Å². The fourth-order valence-corrected chi connectivity index (χ4v) is 5.58. The predicted octanol–water partition coefficient (Wildman–Crippen LogP) is 5.66. The van der Waals surface area contributed by atoms with Gasteiger partial charge in [0, 0.05) is 36.3 Å². The van der Waals surface area contributed by atoms with Crippen molar-refractivity contribution in [2.24, 2.45) is 17.8 Å². The smallest absolute Gasteiger partial charge is 0.416 e.